The van der Waals surface area contributed by atoms with Gasteiger partial charge in [0, 0.05) is 11.6 Å². The number of rotatable bonds is 8. The molecular formula is C22H25F3N2O5S2. The van der Waals surface area contributed by atoms with E-state index in [9.17, 15) is 31.2 Å². The Morgan fingerprint density at radius 1 is 1.26 bits per heavy atom. The summed E-state index contributed by atoms with van der Waals surface area (Å²) in [7, 11) is -2.88. The highest BCUT2D eigenvalue weighted by atomic mass is 32.2. The fourth-order valence-electron chi connectivity index (χ4n) is 4.14. The van der Waals surface area contributed by atoms with E-state index in [0.29, 0.717) is 18.4 Å². The van der Waals surface area contributed by atoms with Crippen LogP contribution < -0.4 is 5.32 Å². The molecule has 0 bridgehead atoms. The number of thiazole rings is 1. The minimum Gasteiger partial charge on any atom is -0.469 e. The van der Waals surface area contributed by atoms with Gasteiger partial charge in [-0.25, -0.2) is 13.4 Å². The first-order valence-corrected chi connectivity index (χ1v) is 13.4. The van der Waals surface area contributed by atoms with E-state index < -0.39 is 44.3 Å². The minimum absolute atomic E-state index is 0.0731. The molecule has 0 saturated heterocycles. The Morgan fingerprint density at radius 2 is 1.94 bits per heavy atom. The summed E-state index contributed by atoms with van der Waals surface area (Å²) in [6, 6.07) is 2.95. The van der Waals surface area contributed by atoms with Gasteiger partial charge in [-0.1, -0.05) is 31.7 Å². The summed E-state index contributed by atoms with van der Waals surface area (Å²) >= 11 is 1.09. The maximum atomic E-state index is 13.7. The number of esters is 1. The van der Waals surface area contributed by atoms with Crippen LogP contribution in [-0.2, 0) is 36.8 Å². The number of halogens is 3. The number of benzene rings is 1. The van der Waals surface area contributed by atoms with Crippen LogP contribution in [0.5, 0.6) is 0 Å². The molecule has 186 valence electrons. The third kappa shape index (κ3) is 6.56. The van der Waals surface area contributed by atoms with Crippen molar-refractivity contribution in [1.29, 1.82) is 0 Å². The zero-order valence-corrected chi connectivity index (χ0v) is 20.3. The summed E-state index contributed by atoms with van der Waals surface area (Å²) < 4.78 is 69.5. The second kappa shape index (κ2) is 10.4. The largest absolute Gasteiger partial charge is 0.469 e. The number of anilines is 1. The van der Waals surface area contributed by atoms with E-state index in [-0.39, 0.29) is 23.0 Å². The Kier molecular flexibility index (Phi) is 8.02. The quantitative estimate of drug-likeness (QED) is 0.513. The van der Waals surface area contributed by atoms with Crippen molar-refractivity contribution in [2.75, 3.05) is 18.7 Å². The zero-order chi connectivity index (χ0) is 25.1. The van der Waals surface area contributed by atoms with Crippen molar-refractivity contribution < 1.29 is 35.9 Å². The Bertz CT molecular complexity index is 1160. The van der Waals surface area contributed by atoms with E-state index in [1.165, 1.54) is 13.2 Å². The molecule has 7 nitrogen and oxygen atoms in total. The van der Waals surface area contributed by atoms with Crippen LogP contribution in [0.3, 0.4) is 0 Å². The maximum absolute atomic E-state index is 13.7. The van der Waals surface area contributed by atoms with Crippen LogP contribution in [0, 0.1) is 5.92 Å². The van der Waals surface area contributed by atoms with Crippen molar-refractivity contribution in [3.05, 3.63) is 40.4 Å². The van der Waals surface area contributed by atoms with Crippen molar-refractivity contribution in [2.45, 2.75) is 55.5 Å². The zero-order valence-electron chi connectivity index (χ0n) is 18.6. The highest BCUT2D eigenvalue weighted by molar-refractivity contribution is 7.90. The Hall–Kier alpha value is -2.47. The second-order valence-corrected chi connectivity index (χ2v) is 11.2. The highest BCUT2D eigenvalue weighted by Crippen LogP contribution is 2.39. The average molecular weight is 519 g/mol. The van der Waals surface area contributed by atoms with Gasteiger partial charge in [0.1, 0.15) is 0 Å². The van der Waals surface area contributed by atoms with Gasteiger partial charge in [-0.05, 0) is 30.0 Å². The molecule has 2 aromatic rings. The molecule has 1 heterocycles. The molecule has 0 spiro atoms. The van der Waals surface area contributed by atoms with E-state index in [0.717, 1.165) is 49.2 Å². The average Bonchev–Trinajstić information content (AvgIpc) is 3.42. The standard InChI is InChI=1S/C22H25F3N2O5S2/c1-32-19(28)11-15-12-33-21(26-15)27-20(29)16(9-13-5-3-4-6-13)14-7-8-18(34(2,30)31)17(10-14)22(23,24)25/h7-8,10,12-13,16H,3-6,9,11H2,1-2H3,(H,26,27,29). The third-order valence-electron chi connectivity index (χ3n) is 5.81. The number of aromatic nitrogens is 1. The van der Waals surface area contributed by atoms with Gasteiger partial charge < -0.3 is 10.1 Å². The van der Waals surface area contributed by atoms with Crippen LogP contribution in [0.25, 0.3) is 0 Å². The lowest BCUT2D eigenvalue weighted by atomic mass is 9.86. The van der Waals surface area contributed by atoms with Crippen molar-refractivity contribution in [1.82, 2.24) is 4.98 Å². The lowest BCUT2D eigenvalue weighted by Crippen LogP contribution is -2.24. The first-order chi connectivity index (χ1) is 15.9. The number of methoxy groups -OCH3 is 1. The number of nitrogens with one attached hydrogen (secondary N) is 1. The number of nitrogens with zero attached hydrogens (tertiary/aromatic N) is 1. The molecule has 1 saturated carbocycles. The molecule has 34 heavy (non-hydrogen) atoms. The highest BCUT2D eigenvalue weighted by Gasteiger charge is 2.38. The number of hydrogen-bond donors (Lipinski definition) is 1. The molecule has 1 amide bonds. The first-order valence-electron chi connectivity index (χ1n) is 10.6. The van der Waals surface area contributed by atoms with E-state index >= 15 is 0 Å². The molecule has 1 N–H and O–H groups in total. The van der Waals surface area contributed by atoms with E-state index in [1.54, 1.807) is 5.38 Å². The van der Waals surface area contributed by atoms with Gasteiger partial charge in [0.2, 0.25) is 5.91 Å². The number of carbonyl (C=O) groups excluding carboxylic acids is 2. The van der Waals surface area contributed by atoms with Gasteiger partial charge in [0.15, 0.2) is 15.0 Å². The predicted molar refractivity (Wildman–Crippen MR) is 120 cm³/mol. The Morgan fingerprint density at radius 3 is 2.53 bits per heavy atom. The maximum Gasteiger partial charge on any atom is 0.417 e. The van der Waals surface area contributed by atoms with Gasteiger partial charge in [0.05, 0.1) is 35.6 Å². The van der Waals surface area contributed by atoms with Crippen molar-refractivity contribution in [3.63, 3.8) is 0 Å². The third-order valence-corrected chi connectivity index (χ3v) is 7.77. The molecule has 1 aromatic carbocycles. The molecule has 1 fully saturated rings. The van der Waals surface area contributed by atoms with Gasteiger partial charge in [-0.2, -0.15) is 13.2 Å². The predicted octanol–water partition coefficient (Wildman–Crippen LogP) is 4.58. The van der Waals surface area contributed by atoms with E-state index in [1.807, 2.05) is 0 Å². The number of alkyl halides is 3. The SMILES string of the molecule is COC(=O)Cc1csc(NC(=O)C(CC2CCCC2)c2ccc(S(C)(=O)=O)c(C(F)(F)F)c2)n1. The molecule has 0 aliphatic heterocycles. The summed E-state index contributed by atoms with van der Waals surface area (Å²) in [6.07, 6.45) is -0.199. The van der Waals surface area contributed by atoms with Gasteiger partial charge >= 0.3 is 12.1 Å². The molecule has 1 aromatic heterocycles. The van der Waals surface area contributed by atoms with Crippen LogP contribution in [0.1, 0.15) is 54.8 Å². The van der Waals surface area contributed by atoms with Crippen molar-refractivity contribution in [2.24, 2.45) is 5.92 Å². The molecule has 1 atom stereocenters. The molecule has 1 aliphatic carbocycles. The summed E-state index contributed by atoms with van der Waals surface area (Å²) in [6.45, 7) is 0. The molecule has 3 rings (SSSR count). The number of hydrogen-bond acceptors (Lipinski definition) is 7. The monoisotopic (exact) mass is 518 g/mol. The number of amides is 1. The van der Waals surface area contributed by atoms with E-state index in [4.69, 9.17) is 0 Å². The molecule has 1 aliphatic rings. The van der Waals surface area contributed by atoms with Crippen LogP contribution in [0.2, 0.25) is 0 Å². The summed E-state index contributed by atoms with van der Waals surface area (Å²) in [5.41, 5.74) is -0.793. The first kappa shape index (κ1) is 26.1. The smallest absolute Gasteiger partial charge is 0.417 e. The topological polar surface area (TPSA) is 102 Å². The Balaban J connectivity index is 1.93. The normalized spacial score (nSPS) is 15.8. The number of sulfone groups is 1. The Labute approximate surface area is 199 Å². The summed E-state index contributed by atoms with van der Waals surface area (Å²) in [5, 5.41) is 4.44. The fourth-order valence-corrected chi connectivity index (χ4v) is 5.74. The minimum atomic E-state index is -4.90. The van der Waals surface area contributed by atoms with Crippen LogP contribution in [0.4, 0.5) is 18.3 Å². The van der Waals surface area contributed by atoms with Gasteiger partial charge in [-0.15, -0.1) is 11.3 Å². The van der Waals surface area contributed by atoms with Crippen molar-refractivity contribution >= 4 is 38.2 Å². The summed E-state index contributed by atoms with van der Waals surface area (Å²) in [4.78, 5) is 28.0. The lowest BCUT2D eigenvalue weighted by Gasteiger charge is -2.22. The van der Waals surface area contributed by atoms with Crippen LogP contribution in [0.15, 0.2) is 28.5 Å². The van der Waals surface area contributed by atoms with Gasteiger partial charge in [0.25, 0.3) is 0 Å². The molecular weight excluding hydrogens is 493 g/mol. The summed E-state index contributed by atoms with van der Waals surface area (Å²) in [5.74, 6) is -1.78. The molecule has 12 heteroatoms. The molecule has 1 unspecified atom stereocenters. The number of carbonyl (C=O) groups is 2. The van der Waals surface area contributed by atoms with Gasteiger partial charge in [-0.3, -0.25) is 9.59 Å². The lowest BCUT2D eigenvalue weighted by molar-refractivity contribution is -0.140. The second-order valence-electron chi connectivity index (χ2n) is 8.35. The van der Waals surface area contributed by atoms with Crippen LogP contribution in [-0.4, -0.2) is 38.6 Å². The van der Waals surface area contributed by atoms with E-state index in [2.05, 4.69) is 15.0 Å². The van der Waals surface area contributed by atoms with Crippen molar-refractivity contribution in [3.8, 4) is 0 Å². The molecule has 0 radical (unpaired) electrons. The van der Waals surface area contributed by atoms with Crippen LogP contribution >= 0.6 is 11.3 Å². The number of ether oxygens (including phenoxy) is 1. The fraction of sp³-hybridized carbons (Fsp3) is 0.500.